The molecule has 0 unspecified atom stereocenters. The molecule has 1 saturated heterocycles. The molecule has 1 aliphatic heterocycles. The molecule has 1 aliphatic rings. The average molecular weight is 517 g/mol. The van der Waals surface area contributed by atoms with E-state index >= 15 is 0 Å². The lowest BCUT2D eigenvalue weighted by Gasteiger charge is -2.32. The number of hydrogen-bond acceptors (Lipinski definition) is 6. The Bertz CT molecular complexity index is 1280. The third kappa shape index (κ3) is 5.47. The Morgan fingerprint density at radius 2 is 1.86 bits per heavy atom. The van der Waals surface area contributed by atoms with Crippen molar-refractivity contribution in [2.24, 2.45) is 0 Å². The molecule has 11 heteroatoms. The molecule has 0 saturated carbocycles. The number of likely N-dealkylation sites (tertiary alicyclic amines) is 1. The number of hydrogen-bond donors (Lipinski definition) is 0. The molecule has 3 aromatic rings. The first kappa shape index (κ1) is 24.7. The maximum Gasteiger partial charge on any atom is 0.338 e. The number of methoxy groups -OCH3 is 1. The predicted octanol–water partition coefficient (Wildman–Crippen LogP) is 4.95. The highest BCUT2D eigenvalue weighted by Gasteiger charge is 2.28. The van der Waals surface area contributed by atoms with Crippen molar-refractivity contribution in [1.29, 1.82) is 0 Å². The lowest BCUT2D eigenvalue weighted by molar-refractivity contribution is -0.384. The number of benzene rings is 2. The summed E-state index contributed by atoms with van der Waals surface area (Å²) < 4.78 is 6.69. The van der Waals surface area contributed by atoms with Gasteiger partial charge in [0.25, 0.3) is 11.6 Å². The number of nitrogens with zero attached hydrogens (tertiary/aromatic N) is 4. The Labute approximate surface area is 211 Å². The van der Waals surface area contributed by atoms with Gasteiger partial charge in [-0.2, -0.15) is 0 Å². The van der Waals surface area contributed by atoms with Crippen molar-refractivity contribution in [3.05, 3.63) is 91.5 Å². The minimum atomic E-state index is -0.742. The quantitative estimate of drug-likeness (QED) is 0.260. The standard InChI is InChI=1S/C24H22Cl2N4O5/c1-35-24(32)17-10-16(12-20(13-17)30(33)34)23(31)28-7-4-15(5-8-28)22-27-6-9-29(22)14-18-11-19(25)2-3-21(18)26/h2-3,6,9-13,15H,4-5,7-8,14H2,1H3. The minimum Gasteiger partial charge on any atom is -0.465 e. The molecule has 1 fully saturated rings. The number of halogens is 2. The molecule has 0 aliphatic carbocycles. The van der Waals surface area contributed by atoms with Gasteiger partial charge < -0.3 is 14.2 Å². The minimum absolute atomic E-state index is 0.0401. The zero-order valence-electron chi connectivity index (χ0n) is 18.8. The van der Waals surface area contributed by atoms with E-state index in [0.29, 0.717) is 42.5 Å². The first-order chi connectivity index (χ1) is 16.8. The highest BCUT2D eigenvalue weighted by molar-refractivity contribution is 6.33. The number of amides is 1. The molecule has 4 rings (SSSR count). The van der Waals surface area contributed by atoms with Crippen molar-refractivity contribution < 1.29 is 19.2 Å². The van der Waals surface area contributed by atoms with Crippen LogP contribution in [0, 0.1) is 10.1 Å². The number of ether oxygens (including phenoxy) is 1. The number of carbonyl (C=O) groups is 2. The van der Waals surface area contributed by atoms with Crippen molar-refractivity contribution in [2.45, 2.75) is 25.3 Å². The maximum absolute atomic E-state index is 13.1. The van der Waals surface area contributed by atoms with E-state index in [2.05, 4.69) is 9.72 Å². The van der Waals surface area contributed by atoms with Gasteiger partial charge in [-0.15, -0.1) is 0 Å². The molecule has 0 radical (unpaired) electrons. The van der Waals surface area contributed by atoms with Crippen molar-refractivity contribution in [3.8, 4) is 0 Å². The summed E-state index contributed by atoms with van der Waals surface area (Å²) in [6, 6.07) is 8.94. The Hall–Kier alpha value is -3.43. The summed E-state index contributed by atoms with van der Waals surface area (Å²) in [7, 11) is 1.18. The maximum atomic E-state index is 13.1. The molecule has 182 valence electrons. The van der Waals surface area contributed by atoms with Gasteiger partial charge in [0.15, 0.2) is 0 Å². The average Bonchev–Trinajstić information content (AvgIpc) is 3.33. The molecule has 35 heavy (non-hydrogen) atoms. The van der Waals surface area contributed by atoms with Gasteiger partial charge in [0, 0.05) is 59.1 Å². The summed E-state index contributed by atoms with van der Waals surface area (Å²) >= 11 is 12.4. The van der Waals surface area contributed by atoms with E-state index in [9.17, 15) is 19.7 Å². The van der Waals surface area contributed by atoms with Crippen LogP contribution in [-0.4, -0.2) is 51.5 Å². The Balaban J connectivity index is 1.47. The number of nitro benzene ring substituents is 1. The van der Waals surface area contributed by atoms with Crippen LogP contribution in [0.4, 0.5) is 5.69 Å². The van der Waals surface area contributed by atoms with E-state index in [1.54, 1.807) is 23.2 Å². The van der Waals surface area contributed by atoms with Gasteiger partial charge in [-0.25, -0.2) is 9.78 Å². The molecule has 0 spiro atoms. The van der Waals surface area contributed by atoms with Crippen molar-refractivity contribution in [3.63, 3.8) is 0 Å². The fraction of sp³-hybridized carbons (Fsp3) is 0.292. The highest BCUT2D eigenvalue weighted by atomic mass is 35.5. The number of nitro groups is 1. The number of aromatic nitrogens is 2. The zero-order chi connectivity index (χ0) is 25.1. The van der Waals surface area contributed by atoms with Gasteiger partial charge in [0.2, 0.25) is 0 Å². The van der Waals surface area contributed by atoms with Crippen LogP contribution in [0.1, 0.15) is 50.9 Å². The van der Waals surface area contributed by atoms with Gasteiger partial charge in [-0.3, -0.25) is 14.9 Å². The van der Waals surface area contributed by atoms with Crippen LogP contribution < -0.4 is 0 Å². The number of carbonyl (C=O) groups excluding carboxylic acids is 2. The molecule has 0 bridgehead atoms. The number of rotatable bonds is 6. The molecule has 2 heterocycles. The molecule has 9 nitrogen and oxygen atoms in total. The Kier molecular flexibility index (Phi) is 7.37. The summed E-state index contributed by atoms with van der Waals surface area (Å²) in [6.45, 7) is 1.42. The predicted molar refractivity (Wildman–Crippen MR) is 130 cm³/mol. The fourth-order valence-electron chi connectivity index (χ4n) is 4.26. The van der Waals surface area contributed by atoms with Crippen LogP contribution in [-0.2, 0) is 11.3 Å². The summed E-state index contributed by atoms with van der Waals surface area (Å²) in [5, 5.41) is 12.5. The monoisotopic (exact) mass is 516 g/mol. The molecule has 0 N–H and O–H groups in total. The second-order valence-electron chi connectivity index (χ2n) is 8.23. The van der Waals surface area contributed by atoms with E-state index in [4.69, 9.17) is 23.2 Å². The SMILES string of the molecule is COC(=O)c1cc(C(=O)N2CCC(c3nccn3Cc3cc(Cl)ccc3Cl)CC2)cc([N+](=O)[O-])c1. The summed E-state index contributed by atoms with van der Waals surface area (Å²) in [5.41, 5.74) is 0.586. The summed E-state index contributed by atoms with van der Waals surface area (Å²) in [6.07, 6.45) is 4.97. The van der Waals surface area contributed by atoms with E-state index in [0.717, 1.165) is 17.5 Å². The second kappa shape index (κ2) is 10.5. The summed E-state index contributed by atoms with van der Waals surface area (Å²) in [5.74, 6) is -0.0846. The van der Waals surface area contributed by atoms with E-state index in [-0.39, 0.29) is 28.6 Å². The molecule has 2 aromatic carbocycles. The Morgan fingerprint density at radius 1 is 1.14 bits per heavy atom. The summed E-state index contributed by atoms with van der Waals surface area (Å²) in [4.78, 5) is 41.9. The fourth-order valence-corrected chi connectivity index (χ4v) is 4.63. The van der Waals surface area contributed by atoms with Crippen LogP contribution in [0.15, 0.2) is 48.8 Å². The van der Waals surface area contributed by atoms with Crippen molar-refractivity contribution in [1.82, 2.24) is 14.5 Å². The zero-order valence-corrected chi connectivity index (χ0v) is 20.3. The van der Waals surface area contributed by atoms with Crippen LogP contribution in [0.2, 0.25) is 10.0 Å². The molecular formula is C24H22Cl2N4O5. The lowest BCUT2D eigenvalue weighted by atomic mass is 9.95. The third-order valence-corrected chi connectivity index (χ3v) is 6.64. The highest BCUT2D eigenvalue weighted by Crippen LogP contribution is 2.30. The van der Waals surface area contributed by atoms with Gasteiger partial charge in [-0.1, -0.05) is 23.2 Å². The van der Waals surface area contributed by atoms with Crippen LogP contribution >= 0.6 is 23.2 Å². The molecule has 1 aromatic heterocycles. The normalized spacial score (nSPS) is 14.1. The van der Waals surface area contributed by atoms with Gasteiger partial charge >= 0.3 is 5.97 Å². The number of non-ortho nitro benzene ring substituents is 1. The van der Waals surface area contributed by atoms with Crippen molar-refractivity contribution in [2.75, 3.05) is 20.2 Å². The molecule has 1 amide bonds. The van der Waals surface area contributed by atoms with Crippen LogP contribution in [0.5, 0.6) is 0 Å². The third-order valence-electron chi connectivity index (χ3n) is 6.04. The van der Waals surface area contributed by atoms with E-state index in [1.807, 2.05) is 16.8 Å². The first-order valence-corrected chi connectivity index (χ1v) is 11.6. The van der Waals surface area contributed by atoms with E-state index in [1.165, 1.54) is 19.2 Å². The number of imidazole rings is 1. The smallest absolute Gasteiger partial charge is 0.338 e. The topological polar surface area (TPSA) is 108 Å². The number of esters is 1. The largest absolute Gasteiger partial charge is 0.465 e. The first-order valence-electron chi connectivity index (χ1n) is 10.9. The second-order valence-corrected chi connectivity index (χ2v) is 9.08. The van der Waals surface area contributed by atoms with Crippen LogP contribution in [0.3, 0.4) is 0 Å². The molecular weight excluding hydrogens is 495 g/mol. The van der Waals surface area contributed by atoms with Crippen molar-refractivity contribution >= 4 is 40.8 Å². The van der Waals surface area contributed by atoms with Gasteiger partial charge in [0.1, 0.15) is 5.82 Å². The van der Waals surface area contributed by atoms with Crippen LogP contribution in [0.25, 0.3) is 0 Å². The van der Waals surface area contributed by atoms with Gasteiger partial charge in [-0.05, 0) is 42.7 Å². The van der Waals surface area contributed by atoms with E-state index < -0.39 is 10.9 Å². The van der Waals surface area contributed by atoms with Gasteiger partial charge in [0.05, 0.1) is 24.1 Å². The number of piperidine rings is 1. The lowest BCUT2D eigenvalue weighted by Crippen LogP contribution is -2.38. The molecule has 0 atom stereocenters. The Morgan fingerprint density at radius 3 is 2.54 bits per heavy atom.